The van der Waals surface area contributed by atoms with E-state index in [1.807, 2.05) is 12.1 Å². The lowest BCUT2D eigenvalue weighted by Crippen LogP contribution is -2.37. The van der Waals surface area contributed by atoms with Gasteiger partial charge in [-0.05, 0) is 30.7 Å². The average Bonchev–Trinajstić information content (AvgIpc) is 2.62. The van der Waals surface area contributed by atoms with Gasteiger partial charge in [-0.3, -0.25) is 14.4 Å². The zero-order valence-electron chi connectivity index (χ0n) is 14.8. The smallest absolute Gasteiger partial charge is 0.272 e. The van der Waals surface area contributed by atoms with Crippen LogP contribution in [0.15, 0.2) is 29.1 Å². The molecule has 2 aromatic rings. The molecule has 6 nitrogen and oxygen atoms in total. The number of hydrogen-bond donors (Lipinski definition) is 1. The van der Waals surface area contributed by atoms with E-state index in [2.05, 4.69) is 17.1 Å². The first-order valence-electron chi connectivity index (χ1n) is 8.89. The number of carbonyl (C=O) groups excluding carboxylic acids is 1. The van der Waals surface area contributed by atoms with Gasteiger partial charge in [-0.2, -0.15) is 5.10 Å². The highest BCUT2D eigenvalue weighted by Crippen LogP contribution is 2.29. The Morgan fingerprint density at radius 1 is 1.32 bits per heavy atom. The van der Waals surface area contributed by atoms with E-state index >= 15 is 0 Å². The van der Waals surface area contributed by atoms with Crippen LogP contribution in [0, 0.1) is 11.8 Å². The standard InChI is InChI=1S/C19H25N3O3/c1-13-6-5-7-14(10-13)12-22(25-2)18(23)11-17-15-8-3-4-9-16(15)19(24)21-20-17/h3-4,8-9,13-14H,5-7,10-12H2,1-2H3,(H,21,24). The molecule has 25 heavy (non-hydrogen) atoms. The second-order valence-electron chi connectivity index (χ2n) is 7.00. The topological polar surface area (TPSA) is 75.3 Å². The quantitative estimate of drug-likeness (QED) is 0.847. The van der Waals surface area contributed by atoms with E-state index in [0.717, 1.165) is 12.8 Å². The maximum Gasteiger partial charge on any atom is 0.272 e. The number of nitrogens with one attached hydrogen (secondary N) is 1. The molecule has 1 heterocycles. The minimum absolute atomic E-state index is 0.105. The van der Waals surface area contributed by atoms with Gasteiger partial charge in [-0.25, -0.2) is 10.2 Å². The third-order valence-electron chi connectivity index (χ3n) is 5.06. The molecule has 1 saturated carbocycles. The number of hydrogen-bond acceptors (Lipinski definition) is 4. The Bertz CT molecular complexity index is 802. The average molecular weight is 343 g/mol. The summed E-state index contributed by atoms with van der Waals surface area (Å²) in [6.07, 6.45) is 4.85. The van der Waals surface area contributed by atoms with Gasteiger partial charge in [-0.15, -0.1) is 0 Å². The molecular formula is C19H25N3O3. The Hall–Kier alpha value is -2.21. The van der Waals surface area contributed by atoms with E-state index in [4.69, 9.17) is 4.84 Å². The molecule has 1 aliphatic carbocycles. The Morgan fingerprint density at radius 3 is 2.80 bits per heavy atom. The highest BCUT2D eigenvalue weighted by Gasteiger charge is 2.24. The second kappa shape index (κ2) is 7.78. The fourth-order valence-electron chi connectivity index (χ4n) is 3.78. The number of H-pyrrole nitrogens is 1. The first kappa shape index (κ1) is 17.6. The summed E-state index contributed by atoms with van der Waals surface area (Å²) in [6.45, 7) is 2.88. The molecule has 1 aromatic carbocycles. The van der Waals surface area contributed by atoms with Crippen molar-refractivity contribution in [1.82, 2.24) is 15.3 Å². The molecule has 1 aromatic heterocycles. The maximum absolute atomic E-state index is 12.7. The van der Waals surface area contributed by atoms with Gasteiger partial charge in [0.2, 0.25) is 0 Å². The van der Waals surface area contributed by atoms with Crippen LogP contribution in [0.1, 0.15) is 38.3 Å². The summed E-state index contributed by atoms with van der Waals surface area (Å²) >= 11 is 0. The molecule has 0 bridgehead atoms. The molecule has 1 amide bonds. The van der Waals surface area contributed by atoms with E-state index < -0.39 is 0 Å². The monoisotopic (exact) mass is 343 g/mol. The second-order valence-corrected chi connectivity index (χ2v) is 7.00. The SMILES string of the molecule is CON(CC1CCCC(C)C1)C(=O)Cc1n[nH]c(=O)c2ccccc12. The highest BCUT2D eigenvalue weighted by atomic mass is 16.7. The van der Waals surface area contributed by atoms with Crippen molar-refractivity contribution in [2.45, 2.75) is 39.0 Å². The summed E-state index contributed by atoms with van der Waals surface area (Å²) in [4.78, 5) is 29.9. The predicted molar refractivity (Wildman–Crippen MR) is 95.9 cm³/mol. The Balaban J connectivity index is 1.74. The third kappa shape index (κ3) is 4.07. The first-order valence-corrected chi connectivity index (χ1v) is 8.89. The molecule has 1 fully saturated rings. The summed E-state index contributed by atoms with van der Waals surface area (Å²) < 4.78 is 0. The molecule has 0 radical (unpaired) electrons. The van der Waals surface area contributed by atoms with Crippen molar-refractivity contribution in [3.63, 3.8) is 0 Å². The summed E-state index contributed by atoms with van der Waals surface area (Å²) in [6, 6.07) is 7.20. The summed E-state index contributed by atoms with van der Waals surface area (Å²) in [5.74, 6) is 1.05. The van der Waals surface area contributed by atoms with Gasteiger partial charge in [0.25, 0.3) is 11.5 Å². The van der Waals surface area contributed by atoms with Gasteiger partial charge in [0.15, 0.2) is 0 Å². The lowest BCUT2D eigenvalue weighted by Gasteiger charge is -2.30. The Labute approximate surface area is 147 Å². The molecule has 1 aliphatic rings. The molecule has 2 atom stereocenters. The number of benzene rings is 1. The van der Waals surface area contributed by atoms with Gasteiger partial charge in [0.05, 0.1) is 31.2 Å². The number of aromatic nitrogens is 2. The zero-order valence-corrected chi connectivity index (χ0v) is 14.8. The molecule has 0 spiro atoms. The van der Waals surface area contributed by atoms with Crippen LogP contribution >= 0.6 is 0 Å². The van der Waals surface area contributed by atoms with Crippen molar-refractivity contribution >= 4 is 16.7 Å². The van der Waals surface area contributed by atoms with Gasteiger partial charge < -0.3 is 0 Å². The van der Waals surface area contributed by atoms with Crippen molar-refractivity contribution in [3.05, 3.63) is 40.3 Å². The number of rotatable bonds is 5. The molecule has 3 rings (SSSR count). The van der Waals surface area contributed by atoms with E-state index in [1.54, 1.807) is 12.1 Å². The van der Waals surface area contributed by atoms with Crippen LogP contribution in [0.4, 0.5) is 0 Å². The van der Waals surface area contributed by atoms with E-state index in [1.165, 1.54) is 25.0 Å². The largest absolute Gasteiger partial charge is 0.274 e. The number of nitrogens with zero attached hydrogens (tertiary/aromatic N) is 2. The van der Waals surface area contributed by atoms with Crippen molar-refractivity contribution < 1.29 is 9.63 Å². The number of aromatic amines is 1. The van der Waals surface area contributed by atoms with Gasteiger partial charge in [0.1, 0.15) is 0 Å². The predicted octanol–water partition coefficient (Wildman–Crippen LogP) is 2.68. The number of hydroxylamine groups is 2. The number of amides is 1. The molecule has 6 heteroatoms. The fraction of sp³-hybridized carbons (Fsp3) is 0.526. The minimum atomic E-state index is -0.244. The molecule has 134 valence electrons. The molecule has 0 saturated heterocycles. The van der Waals surface area contributed by atoms with Gasteiger partial charge in [0, 0.05) is 5.39 Å². The van der Waals surface area contributed by atoms with Crippen LogP contribution in [-0.2, 0) is 16.1 Å². The van der Waals surface area contributed by atoms with Crippen LogP contribution in [0.2, 0.25) is 0 Å². The van der Waals surface area contributed by atoms with Crippen LogP contribution in [0.5, 0.6) is 0 Å². The lowest BCUT2D eigenvalue weighted by atomic mass is 9.82. The van der Waals surface area contributed by atoms with E-state index in [0.29, 0.717) is 34.8 Å². The van der Waals surface area contributed by atoms with Gasteiger partial charge >= 0.3 is 0 Å². The van der Waals surface area contributed by atoms with E-state index in [9.17, 15) is 9.59 Å². The Kier molecular flexibility index (Phi) is 5.48. The number of carbonyl (C=O) groups is 1. The normalized spacial score (nSPS) is 20.6. The molecular weight excluding hydrogens is 318 g/mol. The Morgan fingerprint density at radius 2 is 2.08 bits per heavy atom. The summed E-state index contributed by atoms with van der Waals surface area (Å²) in [5, 5.41) is 9.26. The third-order valence-corrected chi connectivity index (χ3v) is 5.06. The summed E-state index contributed by atoms with van der Waals surface area (Å²) in [5.41, 5.74) is 0.325. The van der Waals surface area contributed by atoms with Crippen molar-refractivity contribution in [1.29, 1.82) is 0 Å². The van der Waals surface area contributed by atoms with Crippen LogP contribution in [0.25, 0.3) is 10.8 Å². The molecule has 0 aliphatic heterocycles. The fourth-order valence-corrected chi connectivity index (χ4v) is 3.78. The van der Waals surface area contributed by atoms with Crippen molar-refractivity contribution in [3.8, 4) is 0 Å². The molecule has 1 N–H and O–H groups in total. The maximum atomic E-state index is 12.7. The van der Waals surface area contributed by atoms with E-state index in [-0.39, 0.29) is 17.9 Å². The first-order chi connectivity index (χ1) is 12.1. The highest BCUT2D eigenvalue weighted by molar-refractivity contribution is 5.88. The van der Waals surface area contributed by atoms with Crippen LogP contribution < -0.4 is 5.56 Å². The lowest BCUT2D eigenvalue weighted by molar-refractivity contribution is -0.179. The summed E-state index contributed by atoms with van der Waals surface area (Å²) in [7, 11) is 1.53. The van der Waals surface area contributed by atoms with Crippen LogP contribution in [0.3, 0.4) is 0 Å². The zero-order chi connectivity index (χ0) is 17.8. The van der Waals surface area contributed by atoms with Crippen LogP contribution in [-0.4, -0.2) is 34.8 Å². The number of fused-ring (bicyclic) bond motifs is 1. The van der Waals surface area contributed by atoms with Crippen molar-refractivity contribution in [2.24, 2.45) is 11.8 Å². The molecule has 2 unspecified atom stereocenters. The van der Waals surface area contributed by atoms with Crippen molar-refractivity contribution in [2.75, 3.05) is 13.7 Å². The minimum Gasteiger partial charge on any atom is -0.274 e. The van der Waals surface area contributed by atoms with Gasteiger partial charge in [-0.1, -0.05) is 38.0 Å².